The normalized spacial score (nSPS) is 30.4. The smallest absolute Gasteiger partial charge is 0.387 e. The van der Waals surface area contributed by atoms with Crippen LogP contribution in [0.4, 0.5) is 8.78 Å². The van der Waals surface area contributed by atoms with Crippen molar-refractivity contribution in [2.45, 2.75) is 31.7 Å². The third-order valence-corrected chi connectivity index (χ3v) is 4.70. The van der Waals surface area contributed by atoms with Gasteiger partial charge in [0.2, 0.25) is 0 Å². The van der Waals surface area contributed by atoms with Crippen molar-refractivity contribution in [1.82, 2.24) is 4.90 Å². The Morgan fingerprint density at radius 1 is 1.17 bits per heavy atom. The summed E-state index contributed by atoms with van der Waals surface area (Å²) < 4.78 is 28.8. The second-order valence-electron chi connectivity index (χ2n) is 6.24. The van der Waals surface area contributed by atoms with Crippen LogP contribution in [0.15, 0.2) is 24.3 Å². The SMILES string of the molecule is O=C(c1cccc(OC(F)F)c1)N1CC2CC(O)C(O)CC2C1. The van der Waals surface area contributed by atoms with E-state index in [2.05, 4.69) is 4.74 Å². The standard InChI is InChI=1S/C16H19F2NO4/c17-16(18)23-12-3-1-2-9(4-12)15(22)19-7-10-5-13(20)14(21)6-11(10)8-19/h1-4,10-11,13-14,16,20-21H,5-8H2. The van der Waals surface area contributed by atoms with Crippen LogP contribution in [-0.4, -0.2) is 52.9 Å². The van der Waals surface area contributed by atoms with Crippen LogP contribution in [0.25, 0.3) is 0 Å². The van der Waals surface area contributed by atoms with Gasteiger partial charge < -0.3 is 19.8 Å². The first kappa shape index (κ1) is 16.1. The highest BCUT2D eigenvalue weighted by atomic mass is 19.3. The van der Waals surface area contributed by atoms with Gasteiger partial charge in [-0.05, 0) is 42.9 Å². The van der Waals surface area contributed by atoms with Crippen molar-refractivity contribution in [2.75, 3.05) is 13.1 Å². The van der Waals surface area contributed by atoms with Gasteiger partial charge in [-0.25, -0.2) is 0 Å². The molecule has 1 aromatic rings. The van der Waals surface area contributed by atoms with Crippen molar-refractivity contribution >= 4 is 5.91 Å². The van der Waals surface area contributed by atoms with Crippen molar-refractivity contribution < 1.29 is 28.5 Å². The van der Waals surface area contributed by atoms with Crippen LogP contribution in [0.1, 0.15) is 23.2 Å². The van der Waals surface area contributed by atoms with E-state index in [9.17, 15) is 23.8 Å². The van der Waals surface area contributed by atoms with Crippen molar-refractivity contribution in [1.29, 1.82) is 0 Å². The van der Waals surface area contributed by atoms with Crippen LogP contribution in [0.5, 0.6) is 5.75 Å². The van der Waals surface area contributed by atoms with E-state index in [1.807, 2.05) is 0 Å². The average molecular weight is 327 g/mol. The topological polar surface area (TPSA) is 70.0 Å². The number of nitrogens with zero attached hydrogens (tertiary/aromatic N) is 1. The molecule has 0 spiro atoms. The van der Waals surface area contributed by atoms with Gasteiger partial charge in [0.05, 0.1) is 12.2 Å². The van der Waals surface area contributed by atoms with Gasteiger partial charge in [0, 0.05) is 18.7 Å². The molecule has 1 amide bonds. The predicted octanol–water partition coefficient (Wildman–Crippen LogP) is 1.49. The molecule has 23 heavy (non-hydrogen) atoms. The summed E-state index contributed by atoms with van der Waals surface area (Å²) in [6, 6.07) is 5.74. The molecule has 1 aliphatic heterocycles. The van der Waals surface area contributed by atoms with Crippen molar-refractivity contribution in [3.63, 3.8) is 0 Å². The largest absolute Gasteiger partial charge is 0.435 e. The number of hydrogen-bond donors (Lipinski definition) is 2. The van der Waals surface area contributed by atoms with E-state index < -0.39 is 18.8 Å². The fraction of sp³-hybridized carbons (Fsp3) is 0.562. The molecule has 1 saturated carbocycles. The van der Waals surface area contributed by atoms with E-state index in [-0.39, 0.29) is 23.5 Å². The Morgan fingerprint density at radius 3 is 2.35 bits per heavy atom. The Hall–Kier alpha value is -1.73. The Labute approximate surface area is 132 Å². The summed E-state index contributed by atoms with van der Waals surface area (Å²) in [5, 5.41) is 19.5. The maximum absolute atomic E-state index is 12.5. The molecule has 1 saturated heterocycles. The molecule has 7 heteroatoms. The lowest BCUT2D eigenvalue weighted by Gasteiger charge is -2.31. The maximum atomic E-state index is 12.5. The summed E-state index contributed by atoms with van der Waals surface area (Å²) in [6.07, 6.45) is -0.531. The van der Waals surface area contributed by atoms with E-state index in [4.69, 9.17) is 0 Å². The number of hydrogen-bond acceptors (Lipinski definition) is 4. The minimum atomic E-state index is -2.93. The Kier molecular flexibility index (Phi) is 4.50. The molecule has 4 atom stereocenters. The number of rotatable bonds is 3. The van der Waals surface area contributed by atoms with Crippen molar-refractivity contribution in [3.05, 3.63) is 29.8 Å². The number of ether oxygens (including phenoxy) is 1. The molecule has 1 heterocycles. The second-order valence-corrected chi connectivity index (χ2v) is 6.24. The quantitative estimate of drug-likeness (QED) is 0.882. The molecule has 126 valence electrons. The molecule has 5 nitrogen and oxygen atoms in total. The zero-order valence-electron chi connectivity index (χ0n) is 12.4. The lowest BCUT2D eigenvalue weighted by Crippen LogP contribution is -2.38. The highest BCUT2D eigenvalue weighted by molar-refractivity contribution is 5.94. The number of amides is 1. The van der Waals surface area contributed by atoms with Gasteiger partial charge in [-0.15, -0.1) is 0 Å². The number of aliphatic hydroxyl groups is 2. The van der Waals surface area contributed by atoms with Crippen LogP contribution >= 0.6 is 0 Å². The van der Waals surface area contributed by atoms with Gasteiger partial charge in [0.25, 0.3) is 5.91 Å². The maximum Gasteiger partial charge on any atom is 0.387 e. The molecule has 2 fully saturated rings. The van der Waals surface area contributed by atoms with Gasteiger partial charge in [-0.1, -0.05) is 6.07 Å². The first-order valence-electron chi connectivity index (χ1n) is 7.64. The van der Waals surface area contributed by atoms with Gasteiger partial charge in [0.1, 0.15) is 5.75 Å². The van der Waals surface area contributed by atoms with Gasteiger partial charge in [0.15, 0.2) is 0 Å². The average Bonchev–Trinajstić information content (AvgIpc) is 2.89. The molecule has 0 radical (unpaired) electrons. The van der Waals surface area contributed by atoms with Gasteiger partial charge >= 0.3 is 6.61 Å². The molecule has 1 aromatic carbocycles. The number of alkyl halides is 2. The van der Waals surface area contributed by atoms with Crippen molar-refractivity contribution in [3.8, 4) is 5.75 Å². The number of benzene rings is 1. The van der Waals surface area contributed by atoms with E-state index >= 15 is 0 Å². The summed E-state index contributed by atoms with van der Waals surface area (Å²) in [5.41, 5.74) is 0.294. The Morgan fingerprint density at radius 2 is 1.78 bits per heavy atom. The Bertz CT molecular complexity index is 565. The number of fused-ring (bicyclic) bond motifs is 1. The third kappa shape index (κ3) is 3.45. The monoisotopic (exact) mass is 327 g/mol. The van der Waals surface area contributed by atoms with Crippen LogP contribution < -0.4 is 4.74 Å². The van der Waals surface area contributed by atoms with Crippen LogP contribution in [0.2, 0.25) is 0 Å². The molecule has 2 aliphatic rings. The number of aliphatic hydroxyl groups excluding tert-OH is 2. The number of carbonyl (C=O) groups excluding carboxylic acids is 1. The first-order valence-corrected chi connectivity index (χ1v) is 7.64. The molecule has 1 aliphatic carbocycles. The summed E-state index contributed by atoms with van der Waals surface area (Å²) in [7, 11) is 0. The molecule has 4 unspecified atom stereocenters. The number of halogens is 2. The lowest BCUT2D eigenvalue weighted by molar-refractivity contribution is -0.0499. The molecule has 0 aromatic heterocycles. The highest BCUT2D eigenvalue weighted by Crippen LogP contribution is 2.37. The van der Waals surface area contributed by atoms with Gasteiger partial charge in [-0.2, -0.15) is 8.78 Å². The molecular formula is C16H19F2NO4. The van der Waals surface area contributed by atoms with Crippen LogP contribution in [-0.2, 0) is 0 Å². The summed E-state index contributed by atoms with van der Waals surface area (Å²) >= 11 is 0. The van der Waals surface area contributed by atoms with E-state index in [1.165, 1.54) is 18.2 Å². The Balaban J connectivity index is 1.70. The zero-order chi connectivity index (χ0) is 16.6. The third-order valence-electron chi connectivity index (χ3n) is 4.70. The van der Waals surface area contributed by atoms with E-state index in [0.717, 1.165) is 0 Å². The zero-order valence-corrected chi connectivity index (χ0v) is 12.4. The van der Waals surface area contributed by atoms with Gasteiger partial charge in [-0.3, -0.25) is 4.79 Å². The lowest BCUT2D eigenvalue weighted by atomic mass is 9.79. The summed E-state index contributed by atoms with van der Waals surface area (Å²) in [4.78, 5) is 14.2. The van der Waals surface area contributed by atoms with E-state index in [0.29, 0.717) is 31.5 Å². The minimum Gasteiger partial charge on any atom is -0.435 e. The molecule has 3 rings (SSSR count). The number of likely N-dealkylation sites (tertiary alicyclic amines) is 1. The minimum absolute atomic E-state index is 0.0479. The van der Waals surface area contributed by atoms with Crippen molar-refractivity contribution in [2.24, 2.45) is 11.8 Å². The van der Waals surface area contributed by atoms with Crippen LogP contribution in [0, 0.1) is 11.8 Å². The second kappa shape index (κ2) is 6.41. The first-order chi connectivity index (χ1) is 10.9. The fourth-order valence-corrected chi connectivity index (χ4v) is 3.56. The molecular weight excluding hydrogens is 308 g/mol. The number of carbonyl (C=O) groups is 1. The molecule has 0 bridgehead atoms. The van der Waals surface area contributed by atoms with Crippen LogP contribution in [0.3, 0.4) is 0 Å². The predicted molar refractivity (Wildman–Crippen MR) is 77.2 cm³/mol. The van der Waals surface area contributed by atoms with E-state index in [1.54, 1.807) is 11.0 Å². The summed E-state index contributed by atoms with van der Waals surface area (Å²) in [6.45, 7) is -1.92. The molecule has 2 N–H and O–H groups in total. The summed E-state index contributed by atoms with van der Waals surface area (Å²) in [5.74, 6) is 0.0343. The fourth-order valence-electron chi connectivity index (χ4n) is 3.56. The highest BCUT2D eigenvalue weighted by Gasteiger charge is 2.42.